The molecule has 118 valence electrons. The molecule has 0 radical (unpaired) electrons. The number of aliphatic hydroxyl groups is 1. The number of rotatable bonds is 7. The fraction of sp³-hybridized carbons (Fsp3) is 0.938. The third kappa shape index (κ3) is 7.13. The van der Waals surface area contributed by atoms with Crippen LogP contribution in [0.5, 0.6) is 0 Å². The number of hydrogen-bond acceptors (Lipinski definition) is 2. The molecule has 2 N–H and O–H groups in total. The molecule has 2 atom stereocenters. The van der Waals surface area contributed by atoms with Gasteiger partial charge in [-0.1, -0.05) is 32.1 Å². The average molecular weight is 284 g/mol. The Balaban J connectivity index is 2.16. The number of nitrogens with zero attached hydrogens (tertiary/aromatic N) is 1. The molecular formula is C16H32N2O2. The van der Waals surface area contributed by atoms with Crippen LogP contribution in [0.2, 0.25) is 0 Å². The molecule has 0 aliphatic heterocycles. The van der Waals surface area contributed by atoms with E-state index in [9.17, 15) is 9.90 Å². The summed E-state index contributed by atoms with van der Waals surface area (Å²) in [5.41, 5.74) is 0. The van der Waals surface area contributed by atoms with Crippen LogP contribution in [0.1, 0.15) is 65.2 Å². The van der Waals surface area contributed by atoms with E-state index < -0.39 is 0 Å². The minimum atomic E-state index is -0.353. The normalized spacial score (nSPS) is 19.4. The highest BCUT2D eigenvalue weighted by Gasteiger charge is 2.16. The Morgan fingerprint density at radius 1 is 1.25 bits per heavy atom. The third-order valence-electron chi connectivity index (χ3n) is 4.33. The molecule has 1 fully saturated rings. The summed E-state index contributed by atoms with van der Waals surface area (Å²) in [6.07, 6.45) is 9.48. The van der Waals surface area contributed by atoms with E-state index >= 15 is 0 Å². The predicted octanol–water partition coefficient (Wildman–Crippen LogP) is 3.15. The summed E-state index contributed by atoms with van der Waals surface area (Å²) < 4.78 is 0. The molecule has 2 unspecified atom stereocenters. The van der Waals surface area contributed by atoms with Gasteiger partial charge in [0, 0.05) is 19.6 Å². The monoisotopic (exact) mass is 284 g/mol. The third-order valence-corrected chi connectivity index (χ3v) is 4.33. The van der Waals surface area contributed by atoms with E-state index in [1.807, 2.05) is 0 Å². The highest BCUT2D eigenvalue weighted by atomic mass is 16.3. The van der Waals surface area contributed by atoms with Crippen molar-refractivity contribution in [3.63, 3.8) is 0 Å². The Labute approximate surface area is 123 Å². The number of carbonyl (C=O) groups excluding carboxylic acids is 1. The molecule has 0 aromatic heterocycles. The van der Waals surface area contributed by atoms with Gasteiger partial charge in [0.15, 0.2) is 0 Å². The van der Waals surface area contributed by atoms with Crippen LogP contribution in [0, 0.1) is 5.92 Å². The van der Waals surface area contributed by atoms with E-state index in [-0.39, 0.29) is 18.2 Å². The summed E-state index contributed by atoms with van der Waals surface area (Å²) >= 11 is 0. The van der Waals surface area contributed by atoms with Crippen molar-refractivity contribution in [2.75, 3.05) is 13.6 Å². The first kappa shape index (κ1) is 17.3. The lowest BCUT2D eigenvalue weighted by Crippen LogP contribution is -2.42. The van der Waals surface area contributed by atoms with Crippen molar-refractivity contribution in [2.24, 2.45) is 5.92 Å². The van der Waals surface area contributed by atoms with Crippen LogP contribution in [-0.4, -0.2) is 41.8 Å². The Bertz CT molecular complexity index is 276. The number of amides is 2. The molecule has 0 spiro atoms. The minimum Gasteiger partial charge on any atom is -0.393 e. The van der Waals surface area contributed by atoms with Gasteiger partial charge < -0.3 is 15.3 Å². The standard InChI is InChI=1S/C16H32N2O2/c1-13(9-10-15-7-5-4-6-8-15)17-16(20)18(3)12-11-14(2)19/h13-15,19H,4-12H2,1-3H3,(H,17,20). The summed E-state index contributed by atoms with van der Waals surface area (Å²) in [5.74, 6) is 0.871. The Morgan fingerprint density at radius 3 is 2.50 bits per heavy atom. The highest BCUT2D eigenvalue weighted by molar-refractivity contribution is 5.74. The summed E-state index contributed by atoms with van der Waals surface area (Å²) in [5, 5.41) is 12.3. The zero-order chi connectivity index (χ0) is 15.0. The van der Waals surface area contributed by atoms with Gasteiger partial charge in [-0.25, -0.2) is 4.79 Å². The van der Waals surface area contributed by atoms with Gasteiger partial charge in [0.25, 0.3) is 0 Å². The van der Waals surface area contributed by atoms with Gasteiger partial charge >= 0.3 is 6.03 Å². The van der Waals surface area contributed by atoms with E-state index in [0.717, 1.165) is 12.3 Å². The van der Waals surface area contributed by atoms with Crippen molar-refractivity contribution in [1.29, 1.82) is 0 Å². The fourth-order valence-corrected chi connectivity index (χ4v) is 2.84. The van der Waals surface area contributed by atoms with Crippen LogP contribution in [-0.2, 0) is 0 Å². The number of aliphatic hydroxyl groups excluding tert-OH is 1. The van der Waals surface area contributed by atoms with E-state index in [0.29, 0.717) is 13.0 Å². The fourth-order valence-electron chi connectivity index (χ4n) is 2.84. The smallest absolute Gasteiger partial charge is 0.317 e. The first-order chi connectivity index (χ1) is 9.49. The Hall–Kier alpha value is -0.770. The zero-order valence-electron chi connectivity index (χ0n) is 13.4. The van der Waals surface area contributed by atoms with Crippen LogP contribution in [0.3, 0.4) is 0 Å². The molecule has 1 aliphatic rings. The first-order valence-electron chi connectivity index (χ1n) is 8.18. The lowest BCUT2D eigenvalue weighted by molar-refractivity contribution is 0.162. The van der Waals surface area contributed by atoms with E-state index in [4.69, 9.17) is 0 Å². The maximum absolute atomic E-state index is 12.0. The van der Waals surface area contributed by atoms with Crippen molar-refractivity contribution in [3.05, 3.63) is 0 Å². The average Bonchev–Trinajstić information content (AvgIpc) is 2.43. The SMILES string of the molecule is CC(O)CCN(C)C(=O)NC(C)CCC1CCCCC1. The maximum atomic E-state index is 12.0. The van der Waals surface area contributed by atoms with Crippen LogP contribution >= 0.6 is 0 Å². The number of carbonyl (C=O) groups is 1. The van der Waals surface area contributed by atoms with E-state index in [1.165, 1.54) is 38.5 Å². The van der Waals surface area contributed by atoms with Crippen molar-refractivity contribution in [2.45, 2.75) is 77.4 Å². The lowest BCUT2D eigenvalue weighted by Gasteiger charge is -2.25. The zero-order valence-corrected chi connectivity index (χ0v) is 13.4. The molecule has 0 saturated heterocycles. The second-order valence-corrected chi connectivity index (χ2v) is 6.49. The molecule has 0 aromatic rings. The molecule has 0 heterocycles. The van der Waals surface area contributed by atoms with E-state index in [2.05, 4.69) is 12.2 Å². The summed E-state index contributed by atoms with van der Waals surface area (Å²) in [4.78, 5) is 13.6. The molecule has 20 heavy (non-hydrogen) atoms. The van der Waals surface area contributed by atoms with Gasteiger partial charge in [-0.05, 0) is 39.0 Å². The molecule has 1 rings (SSSR count). The van der Waals surface area contributed by atoms with Crippen LogP contribution in [0.25, 0.3) is 0 Å². The molecule has 2 amide bonds. The van der Waals surface area contributed by atoms with Gasteiger partial charge in [0.1, 0.15) is 0 Å². The first-order valence-corrected chi connectivity index (χ1v) is 8.18. The summed E-state index contributed by atoms with van der Waals surface area (Å²) in [6.45, 7) is 4.43. The van der Waals surface area contributed by atoms with Gasteiger partial charge in [-0.15, -0.1) is 0 Å². The molecule has 1 saturated carbocycles. The second-order valence-electron chi connectivity index (χ2n) is 6.49. The number of nitrogens with one attached hydrogen (secondary N) is 1. The molecule has 0 bridgehead atoms. The molecule has 0 aromatic carbocycles. The van der Waals surface area contributed by atoms with Gasteiger partial charge in [-0.3, -0.25) is 0 Å². The van der Waals surface area contributed by atoms with Crippen molar-refractivity contribution in [1.82, 2.24) is 10.2 Å². The summed E-state index contributed by atoms with van der Waals surface area (Å²) in [7, 11) is 1.78. The number of urea groups is 1. The van der Waals surface area contributed by atoms with Gasteiger partial charge in [0.05, 0.1) is 6.10 Å². The maximum Gasteiger partial charge on any atom is 0.317 e. The minimum absolute atomic E-state index is 0.0261. The quantitative estimate of drug-likeness (QED) is 0.754. The van der Waals surface area contributed by atoms with Gasteiger partial charge in [-0.2, -0.15) is 0 Å². The second kappa shape index (κ2) is 9.22. The molecule has 1 aliphatic carbocycles. The summed E-state index contributed by atoms with van der Waals surface area (Å²) in [6, 6.07) is 0.209. The largest absolute Gasteiger partial charge is 0.393 e. The van der Waals surface area contributed by atoms with Crippen molar-refractivity contribution >= 4 is 6.03 Å². The van der Waals surface area contributed by atoms with Crippen molar-refractivity contribution < 1.29 is 9.90 Å². The van der Waals surface area contributed by atoms with Crippen LogP contribution < -0.4 is 5.32 Å². The molecular weight excluding hydrogens is 252 g/mol. The van der Waals surface area contributed by atoms with Crippen molar-refractivity contribution in [3.8, 4) is 0 Å². The van der Waals surface area contributed by atoms with Crippen LogP contribution in [0.15, 0.2) is 0 Å². The Kier molecular flexibility index (Phi) is 7.97. The molecule has 4 heteroatoms. The number of hydrogen-bond donors (Lipinski definition) is 2. The predicted molar refractivity (Wildman–Crippen MR) is 82.7 cm³/mol. The van der Waals surface area contributed by atoms with Gasteiger partial charge in [0.2, 0.25) is 0 Å². The topological polar surface area (TPSA) is 52.6 Å². The highest BCUT2D eigenvalue weighted by Crippen LogP contribution is 2.27. The van der Waals surface area contributed by atoms with E-state index in [1.54, 1.807) is 18.9 Å². The van der Waals surface area contributed by atoms with Crippen LogP contribution in [0.4, 0.5) is 4.79 Å². The molecule has 4 nitrogen and oxygen atoms in total. The lowest BCUT2D eigenvalue weighted by atomic mass is 9.85. The Morgan fingerprint density at radius 2 is 1.90 bits per heavy atom.